The van der Waals surface area contributed by atoms with E-state index in [4.69, 9.17) is 0 Å². The Bertz CT molecular complexity index is 548. The molecule has 1 aromatic carbocycles. The molecule has 1 saturated heterocycles. The van der Waals surface area contributed by atoms with Crippen LogP contribution in [0.5, 0.6) is 0 Å². The van der Waals surface area contributed by atoms with Crippen LogP contribution in [-0.4, -0.2) is 22.6 Å². The summed E-state index contributed by atoms with van der Waals surface area (Å²) in [5, 5.41) is 0. The molecule has 0 spiro atoms. The second kappa shape index (κ2) is 5.08. The van der Waals surface area contributed by atoms with E-state index in [1.807, 2.05) is 13.1 Å². The molecule has 1 fully saturated rings. The zero-order valence-electron chi connectivity index (χ0n) is 11.8. The molecule has 3 heteroatoms. The van der Waals surface area contributed by atoms with Crippen LogP contribution in [0.15, 0.2) is 30.5 Å². The lowest BCUT2D eigenvalue weighted by Gasteiger charge is -2.28. The van der Waals surface area contributed by atoms with Crippen LogP contribution in [0.25, 0.3) is 11.3 Å². The molecule has 0 atom stereocenters. The van der Waals surface area contributed by atoms with Crippen molar-refractivity contribution in [2.24, 2.45) is 7.05 Å². The van der Waals surface area contributed by atoms with Crippen molar-refractivity contribution in [2.75, 3.05) is 18.0 Å². The van der Waals surface area contributed by atoms with E-state index in [2.05, 4.69) is 45.8 Å². The van der Waals surface area contributed by atoms with Gasteiger partial charge in [0.25, 0.3) is 0 Å². The van der Waals surface area contributed by atoms with Gasteiger partial charge in [0.05, 0.1) is 11.9 Å². The third kappa shape index (κ3) is 2.37. The highest BCUT2D eigenvalue weighted by Crippen LogP contribution is 2.25. The van der Waals surface area contributed by atoms with Gasteiger partial charge >= 0.3 is 0 Å². The number of rotatable bonds is 2. The molecule has 0 unspecified atom stereocenters. The van der Waals surface area contributed by atoms with Crippen LogP contribution in [0.2, 0.25) is 0 Å². The molecule has 19 heavy (non-hydrogen) atoms. The maximum absolute atomic E-state index is 4.36. The minimum atomic E-state index is 1.05. The standard InChI is InChI=1S/C16H21N3/c1-13-17-12-16(18(13)2)14-6-8-15(9-7-14)19-10-4-3-5-11-19/h6-9,12H,3-5,10-11H2,1-2H3. The molecular weight excluding hydrogens is 234 g/mol. The third-order valence-corrected chi connectivity index (χ3v) is 4.10. The summed E-state index contributed by atoms with van der Waals surface area (Å²) in [6, 6.07) is 8.90. The maximum atomic E-state index is 4.36. The Morgan fingerprint density at radius 1 is 1.00 bits per heavy atom. The molecule has 2 aromatic rings. The maximum Gasteiger partial charge on any atom is 0.105 e. The second-order valence-electron chi connectivity index (χ2n) is 5.34. The molecule has 0 radical (unpaired) electrons. The molecule has 3 nitrogen and oxygen atoms in total. The first-order valence-corrected chi connectivity index (χ1v) is 7.09. The molecule has 2 heterocycles. The fourth-order valence-corrected chi connectivity index (χ4v) is 2.77. The highest BCUT2D eigenvalue weighted by molar-refractivity contribution is 5.63. The predicted octanol–water partition coefficient (Wildman–Crippen LogP) is 3.39. The lowest BCUT2D eigenvalue weighted by Crippen LogP contribution is -2.29. The van der Waals surface area contributed by atoms with Crippen LogP contribution in [0, 0.1) is 6.92 Å². The minimum absolute atomic E-state index is 1.05. The van der Waals surface area contributed by atoms with Gasteiger partial charge in [-0.05, 0) is 43.9 Å². The van der Waals surface area contributed by atoms with E-state index in [0.717, 1.165) is 5.82 Å². The van der Waals surface area contributed by atoms with Crippen LogP contribution in [0.4, 0.5) is 5.69 Å². The zero-order valence-corrected chi connectivity index (χ0v) is 11.8. The number of aromatic nitrogens is 2. The Morgan fingerprint density at radius 3 is 2.26 bits per heavy atom. The summed E-state index contributed by atoms with van der Waals surface area (Å²) in [7, 11) is 2.07. The predicted molar refractivity (Wildman–Crippen MR) is 79.4 cm³/mol. The van der Waals surface area contributed by atoms with Gasteiger partial charge in [-0.2, -0.15) is 0 Å². The first kappa shape index (κ1) is 12.3. The van der Waals surface area contributed by atoms with E-state index in [1.54, 1.807) is 0 Å². The van der Waals surface area contributed by atoms with Crippen molar-refractivity contribution in [3.8, 4) is 11.3 Å². The Kier molecular flexibility index (Phi) is 3.28. The third-order valence-electron chi connectivity index (χ3n) is 4.10. The van der Waals surface area contributed by atoms with Crippen molar-refractivity contribution in [3.63, 3.8) is 0 Å². The lowest BCUT2D eigenvalue weighted by atomic mass is 10.1. The number of nitrogens with zero attached hydrogens (tertiary/aromatic N) is 3. The topological polar surface area (TPSA) is 21.1 Å². The van der Waals surface area contributed by atoms with Crippen LogP contribution in [0.3, 0.4) is 0 Å². The summed E-state index contributed by atoms with van der Waals surface area (Å²) >= 11 is 0. The molecular formula is C16H21N3. The Hall–Kier alpha value is -1.77. The summed E-state index contributed by atoms with van der Waals surface area (Å²) in [5.41, 5.74) is 3.77. The van der Waals surface area contributed by atoms with Crippen molar-refractivity contribution in [2.45, 2.75) is 26.2 Å². The van der Waals surface area contributed by atoms with Crippen molar-refractivity contribution in [1.29, 1.82) is 0 Å². The Morgan fingerprint density at radius 2 is 1.68 bits per heavy atom. The summed E-state index contributed by atoms with van der Waals surface area (Å²) in [5.74, 6) is 1.05. The zero-order chi connectivity index (χ0) is 13.2. The summed E-state index contributed by atoms with van der Waals surface area (Å²) in [4.78, 5) is 6.85. The number of hydrogen-bond acceptors (Lipinski definition) is 2. The van der Waals surface area contributed by atoms with Crippen molar-refractivity contribution in [3.05, 3.63) is 36.3 Å². The van der Waals surface area contributed by atoms with Gasteiger partial charge in [0, 0.05) is 25.8 Å². The fraction of sp³-hybridized carbons (Fsp3) is 0.438. The SMILES string of the molecule is Cc1ncc(-c2ccc(N3CCCCC3)cc2)n1C. The first-order chi connectivity index (χ1) is 9.25. The van der Waals surface area contributed by atoms with Gasteiger partial charge < -0.3 is 9.47 Å². The van der Waals surface area contributed by atoms with Gasteiger partial charge in [0.15, 0.2) is 0 Å². The Labute approximate surface area is 114 Å². The molecule has 1 aliphatic heterocycles. The number of imidazole rings is 1. The largest absolute Gasteiger partial charge is 0.372 e. The van der Waals surface area contributed by atoms with Crippen LogP contribution < -0.4 is 4.90 Å². The molecule has 3 rings (SSSR count). The Balaban J connectivity index is 1.84. The second-order valence-corrected chi connectivity index (χ2v) is 5.34. The monoisotopic (exact) mass is 255 g/mol. The van der Waals surface area contributed by atoms with E-state index >= 15 is 0 Å². The molecule has 0 aliphatic carbocycles. The van der Waals surface area contributed by atoms with Crippen LogP contribution in [-0.2, 0) is 7.05 Å². The average molecular weight is 255 g/mol. The lowest BCUT2D eigenvalue weighted by molar-refractivity contribution is 0.578. The van der Waals surface area contributed by atoms with Crippen LogP contribution >= 0.6 is 0 Å². The number of benzene rings is 1. The van der Waals surface area contributed by atoms with Crippen LogP contribution in [0.1, 0.15) is 25.1 Å². The van der Waals surface area contributed by atoms with Gasteiger partial charge in [-0.3, -0.25) is 0 Å². The van der Waals surface area contributed by atoms with Crippen molar-refractivity contribution >= 4 is 5.69 Å². The number of anilines is 1. The molecule has 0 N–H and O–H groups in total. The smallest absolute Gasteiger partial charge is 0.105 e. The van der Waals surface area contributed by atoms with E-state index in [0.29, 0.717) is 0 Å². The van der Waals surface area contributed by atoms with Gasteiger partial charge in [0.2, 0.25) is 0 Å². The van der Waals surface area contributed by atoms with Gasteiger partial charge in [-0.1, -0.05) is 12.1 Å². The van der Waals surface area contributed by atoms with Gasteiger partial charge in [-0.15, -0.1) is 0 Å². The summed E-state index contributed by atoms with van der Waals surface area (Å²) in [6.07, 6.45) is 5.97. The molecule has 1 aromatic heterocycles. The van der Waals surface area contributed by atoms with Crippen molar-refractivity contribution < 1.29 is 0 Å². The molecule has 0 bridgehead atoms. The molecule has 100 valence electrons. The first-order valence-electron chi connectivity index (χ1n) is 7.09. The average Bonchev–Trinajstić information content (AvgIpc) is 2.80. The fourth-order valence-electron chi connectivity index (χ4n) is 2.77. The van der Waals surface area contributed by atoms with Crippen molar-refractivity contribution in [1.82, 2.24) is 9.55 Å². The summed E-state index contributed by atoms with van der Waals surface area (Å²) < 4.78 is 2.13. The number of aryl methyl sites for hydroxylation is 1. The minimum Gasteiger partial charge on any atom is -0.372 e. The quantitative estimate of drug-likeness (QED) is 0.820. The van der Waals surface area contributed by atoms with E-state index < -0.39 is 0 Å². The van der Waals surface area contributed by atoms with E-state index in [1.165, 1.54) is 49.3 Å². The number of piperidine rings is 1. The normalized spacial score (nSPS) is 15.8. The van der Waals surface area contributed by atoms with E-state index in [-0.39, 0.29) is 0 Å². The highest BCUT2D eigenvalue weighted by Gasteiger charge is 2.11. The molecule has 1 aliphatic rings. The van der Waals surface area contributed by atoms with Gasteiger partial charge in [0.1, 0.15) is 5.82 Å². The highest BCUT2D eigenvalue weighted by atomic mass is 15.1. The molecule has 0 saturated carbocycles. The molecule has 0 amide bonds. The van der Waals surface area contributed by atoms with Gasteiger partial charge in [-0.25, -0.2) is 4.98 Å². The summed E-state index contributed by atoms with van der Waals surface area (Å²) in [6.45, 7) is 4.43. The number of hydrogen-bond donors (Lipinski definition) is 0. The van der Waals surface area contributed by atoms with E-state index in [9.17, 15) is 0 Å².